The van der Waals surface area contributed by atoms with Gasteiger partial charge in [0.05, 0.1) is 19.3 Å². The van der Waals surface area contributed by atoms with Crippen molar-refractivity contribution in [2.24, 2.45) is 0 Å². The summed E-state index contributed by atoms with van der Waals surface area (Å²) in [6.45, 7) is 8.80. The van der Waals surface area contributed by atoms with Gasteiger partial charge < -0.3 is 19.1 Å². The van der Waals surface area contributed by atoms with Crippen molar-refractivity contribution >= 4 is 11.9 Å². The van der Waals surface area contributed by atoms with Crippen molar-refractivity contribution in [2.75, 3.05) is 13.7 Å². The van der Waals surface area contributed by atoms with E-state index >= 15 is 0 Å². The van der Waals surface area contributed by atoms with Gasteiger partial charge in [0.1, 0.15) is 0 Å². The summed E-state index contributed by atoms with van der Waals surface area (Å²) in [6.07, 6.45) is 3.01. The standard InChI is InChI=1S/C14H20N2O5/c1-6-21-13(18)14(19,10(4)11(17)20-5)12-15-7-8-16(12)9(2)3/h7-9,19H,4,6H2,1-3,5H3. The summed E-state index contributed by atoms with van der Waals surface area (Å²) in [7, 11) is 1.13. The molecule has 0 bridgehead atoms. The number of aliphatic hydroxyl groups is 1. The first-order valence-corrected chi connectivity index (χ1v) is 6.51. The second-order valence-corrected chi connectivity index (χ2v) is 4.65. The molecule has 1 heterocycles. The summed E-state index contributed by atoms with van der Waals surface area (Å²) >= 11 is 0. The number of aromatic nitrogens is 2. The Kier molecular flexibility index (Phi) is 5.26. The van der Waals surface area contributed by atoms with E-state index in [1.165, 1.54) is 6.20 Å². The van der Waals surface area contributed by atoms with Crippen LogP contribution in [0.1, 0.15) is 32.6 Å². The molecule has 0 aliphatic rings. The van der Waals surface area contributed by atoms with Crippen molar-refractivity contribution in [2.45, 2.75) is 32.4 Å². The molecule has 21 heavy (non-hydrogen) atoms. The average Bonchev–Trinajstić information content (AvgIpc) is 2.94. The highest BCUT2D eigenvalue weighted by molar-refractivity contribution is 5.99. The van der Waals surface area contributed by atoms with Crippen LogP contribution in [0.2, 0.25) is 0 Å². The highest BCUT2D eigenvalue weighted by Crippen LogP contribution is 2.31. The number of rotatable bonds is 6. The van der Waals surface area contributed by atoms with Gasteiger partial charge in [-0.15, -0.1) is 0 Å². The van der Waals surface area contributed by atoms with E-state index in [-0.39, 0.29) is 18.5 Å². The second-order valence-electron chi connectivity index (χ2n) is 4.65. The molecule has 1 aromatic heterocycles. The van der Waals surface area contributed by atoms with Crippen LogP contribution in [0.5, 0.6) is 0 Å². The predicted octanol–water partition coefficient (Wildman–Crippen LogP) is 0.944. The number of ether oxygens (including phenoxy) is 2. The number of hydrogen-bond donors (Lipinski definition) is 1. The second kappa shape index (κ2) is 6.53. The molecule has 7 heteroatoms. The minimum Gasteiger partial charge on any atom is -0.466 e. The molecule has 116 valence electrons. The number of carbonyl (C=O) groups excluding carboxylic acids is 2. The molecule has 1 unspecified atom stereocenters. The highest BCUT2D eigenvalue weighted by Gasteiger charge is 2.49. The average molecular weight is 296 g/mol. The normalized spacial score (nSPS) is 13.6. The molecule has 0 aromatic carbocycles. The quantitative estimate of drug-likeness (QED) is 0.620. The third kappa shape index (κ3) is 2.97. The van der Waals surface area contributed by atoms with Crippen molar-refractivity contribution < 1.29 is 24.2 Å². The van der Waals surface area contributed by atoms with Crippen LogP contribution >= 0.6 is 0 Å². The zero-order valence-corrected chi connectivity index (χ0v) is 12.6. The van der Waals surface area contributed by atoms with Crippen molar-refractivity contribution in [3.05, 3.63) is 30.4 Å². The van der Waals surface area contributed by atoms with E-state index in [1.807, 2.05) is 13.8 Å². The SMILES string of the molecule is C=C(C(=O)OC)C(O)(C(=O)OCC)c1nccn1C(C)C. The van der Waals surface area contributed by atoms with Gasteiger partial charge in [-0.05, 0) is 20.8 Å². The predicted molar refractivity (Wildman–Crippen MR) is 74.3 cm³/mol. The topological polar surface area (TPSA) is 90.7 Å². The van der Waals surface area contributed by atoms with Crippen LogP contribution in [-0.4, -0.2) is 40.3 Å². The lowest BCUT2D eigenvalue weighted by Crippen LogP contribution is -2.44. The summed E-state index contributed by atoms with van der Waals surface area (Å²) in [6, 6.07) is -0.0890. The Morgan fingerprint density at radius 3 is 2.62 bits per heavy atom. The lowest BCUT2D eigenvalue weighted by atomic mass is 9.93. The Bertz CT molecular complexity index is 549. The summed E-state index contributed by atoms with van der Waals surface area (Å²) in [5, 5.41) is 10.8. The van der Waals surface area contributed by atoms with Crippen LogP contribution in [-0.2, 0) is 24.7 Å². The van der Waals surface area contributed by atoms with Crippen molar-refractivity contribution in [1.82, 2.24) is 9.55 Å². The molecule has 0 amide bonds. The molecule has 0 saturated heterocycles. The van der Waals surface area contributed by atoms with Crippen LogP contribution in [0.4, 0.5) is 0 Å². The van der Waals surface area contributed by atoms with Crippen molar-refractivity contribution in [3.8, 4) is 0 Å². The van der Waals surface area contributed by atoms with Gasteiger partial charge in [0.2, 0.25) is 0 Å². The lowest BCUT2D eigenvalue weighted by Gasteiger charge is -2.27. The first kappa shape index (κ1) is 16.9. The molecule has 0 aliphatic carbocycles. The summed E-state index contributed by atoms with van der Waals surface area (Å²) in [5.74, 6) is -1.97. The molecule has 1 atom stereocenters. The van der Waals surface area contributed by atoms with Gasteiger partial charge in [-0.25, -0.2) is 14.6 Å². The maximum atomic E-state index is 12.2. The number of esters is 2. The fraction of sp³-hybridized carbons (Fsp3) is 0.500. The number of nitrogens with zero attached hydrogens (tertiary/aromatic N) is 2. The third-order valence-corrected chi connectivity index (χ3v) is 2.99. The number of hydrogen-bond acceptors (Lipinski definition) is 6. The maximum Gasteiger partial charge on any atom is 0.351 e. The molecule has 7 nitrogen and oxygen atoms in total. The molecule has 0 aliphatic heterocycles. The first-order chi connectivity index (χ1) is 9.80. The monoisotopic (exact) mass is 296 g/mol. The van der Waals surface area contributed by atoms with Crippen LogP contribution in [0.15, 0.2) is 24.5 Å². The van der Waals surface area contributed by atoms with E-state index in [2.05, 4.69) is 16.3 Å². The molecule has 0 spiro atoms. The van der Waals surface area contributed by atoms with Gasteiger partial charge >= 0.3 is 11.9 Å². The van der Waals surface area contributed by atoms with Gasteiger partial charge in [-0.2, -0.15) is 0 Å². The Morgan fingerprint density at radius 2 is 2.14 bits per heavy atom. The fourth-order valence-corrected chi connectivity index (χ4v) is 1.87. The number of imidazole rings is 1. The zero-order chi connectivity index (χ0) is 16.2. The molecule has 1 aromatic rings. The Labute approximate surface area is 123 Å². The van der Waals surface area contributed by atoms with Gasteiger partial charge in [0.25, 0.3) is 5.60 Å². The number of methoxy groups -OCH3 is 1. The van der Waals surface area contributed by atoms with Crippen LogP contribution < -0.4 is 0 Å². The minimum atomic E-state index is -2.39. The van der Waals surface area contributed by atoms with Crippen LogP contribution in [0, 0.1) is 0 Å². The molecule has 1 rings (SSSR count). The molecular formula is C14H20N2O5. The Balaban J connectivity index is 3.44. The van der Waals surface area contributed by atoms with Crippen LogP contribution in [0.3, 0.4) is 0 Å². The molecule has 0 radical (unpaired) electrons. The summed E-state index contributed by atoms with van der Waals surface area (Å²) in [5.41, 5.74) is -2.84. The maximum absolute atomic E-state index is 12.2. The van der Waals surface area contributed by atoms with Gasteiger partial charge in [0, 0.05) is 18.4 Å². The van der Waals surface area contributed by atoms with Gasteiger partial charge in [-0.3, -0.25) is 0 Å². The third-order valence-electron chi connectivity index (χ3n) is 2.99. The summed E-state index contributed by atoms with van der Waals surface area (Å²) < 4.78 is 11.0. The van der Waals surface area contributed by atoms with E-state index in [9.17, 15) is 14.7 Å². The fourth-order valence-electron chi connectivity index (χ4n) is 1.87. The van der Waals surface area contributed by atoms with E-state index in [1.54, 1.807) is 17.7 Å². The molecule has 0 saturated carbocycles. The van der Waals surface area contributed by atoms with E-state index in [0.29, 0.717) is 0 Å². The summed E-state index contributed by atoms with van der Waals surface area (Å²) in [4.78, 5) is 27.9. The van der Waals surface area contributed by atoms with Crippen LogP contribution in [0.25, 0.3) is 0 Å². The Morgan fingerprint density at radius 1 is 1.52 bits per heavy atom. The molecule has 0 fully saturated rings. The van der Waals surface area contributed by atoms with Crippen molar-refractivity contribution in [1.29, 1.82) is 0 Å². The van der Waals surface area contributed by atoms with E-state index < -0.39 is 23.1 Å². The van der Waals surface area contributed by atoms with Gasteiger partial charge in [-0.1, -0.05) is 6.58 Å². The zero-order valence-electron chi connectivity index (χ0n) is 12.6. The van der Waals surface area contributed by atoms with Gasteiger partial charge in [0.15, 0.2) is 5.82 Å². The lowest BCUT2D eigenvalue weighted by molar-refractivity contribution is -0.166. The number of carbonyl (C=O) groups is 2. The molecule has 1 N–H and O–H groups in total. The minimum absolute atomic E-state index is 0.0358. The smallest absolute Gasteiger partial charge is 0.351 e. The molecular weight excluding hydrogens is 276 g/mol. The highest BCUT2D eigenvalue weighted by atomic mass is 16.6. The Hall–Kier alpha value is -2.15. The van der Waals surface area contributed by atoms with E-state index in [4.69, 9.17) is 4.74 Å². The largest absolute Gasteiger partial charge is 0.466 e. The first-order valence-electron chi connectivity index (χ1n) is 6.51. The van der Waals surface area contributed by atoms with Crippen molar-refractivity contribution in [3.63, 3.8) is 0 Å². The van der Waals surface area contributed by atoms with E-state index in [0.717, 1.165) is 7.11 Å².